The molecule has 2 rings (SSSR count). The van der Waals surface area contributed by atoms with Gasteiger partial charge in [0.2, 0.25) is 5.76 Å². The lowest BCUT2D eigenvalue weighted by molar-refractivity contribution is 0.0663. The van der Waals surface area contributed by atoms with E-state index in [1.54, 1.807) is 6.07 Å². The lowest BCUT2D eigenvalue weighted by Crippen LogP contribution is -1.95. The van der Waals surface area contributed by atoms with E-state index in [2.05, 4.69) is 12.2 Å². The van der Waals surface area contributed by atoms with Crippen LogP contribution in [0.2, 0.25) is 0 Å². The van der Waals surface area contributed by atoms with Crippen LogP contribution in [0.4, 0.5) is 11.6 Å². The number of aromatic carboxylic acids is 1. The summed E-state index contributed by atoms with van der Waals surface area (Å²) in [7, 11) is 0. The molecule has 0 radical (unpaired) electrons. The second-order valence-electron chi connectivity index (χ2n) is 4.00. The highest BCUT2D eigenvalue weighted by atomic mass is 16.4. The first-order chi connectivity index (χ1) is 8.70. The summed E-state index contributed by atoms with van der Waals surface area (Å²) >= 11 is 0. The molecular formula is C14H15NO3. The summed E-state index contributed by atoms with van der Waals surface area (Å²) < 4.78 is 5.17. The van der Waals surface area contributed by atoms with Crippen molar-refractivity contribution in [1.29, 1.82) is 0 Å². The van der Waals surface area contributed by atoms with Crippen molar-refractivity contribution >= 4 is 17.5 Å². The molecule has 0 aliphatic carbocycles. The number of anilines is 2. The van der Waals surface area contributed by atoms with Gasteiger partial charge in [0.15, 0.2) is 5.88 Å². The lowest BCUT2D eigenvalue weighted by atomic mass is 10.1. The molecule has 1 aromatic heterocycles. The zero-order valence-corrected chi connectivity index (χ0v) is 10.1. The Hall–Kier alpha value is -2.23. The van der Waals surface area contributed by atoms with Crippen molar-refractivity contribution < 1.29 is 14.3 Å². The van der Waals surface area contributed by atoms with Gasteiger partial charge in [0.25, 0.3) is 0 Å². The molecule has 1 aromatic carbocycles. The largest absolute Gasteiger partial charge is 0.475 e. The van der Waals surface area contributed by atoms with E-state index in [-0.39, 0.29) is 5.76 Å². The number of carbonyl (C=O) groups is 1. The van der Waals surface area contributed by atoms with Gasteiger partial charge < -0.3 is 14.8 Å². The molecule has 0 saturated heterocycles. The molecule has 4 nitrogen and oxygen atoms in total. The van der Waals surface area contributed by atoms with Crippen molar-refractivity contribution in [3.63, 3.8) is 0 Å². The number of aryl methyl sites for hydroxylation is 1. The van der Waals surface area contributed by atoms with Gasteiger partial charge in [-0.05, 0) is 24.1 Å². The van der Waals surface area contributed by atoms with E-state index in [4.69, 9.17) is 9.52 Å². The van der Waals surface area contributed by atoms with Gasteiger partial charge in [-0.25, -0.2) is 4.79 Å². The molecule has 0 amide bonds. The van der Waals surface area contributed by atoms with E-state index < -0.39 is 5.97 Å². The van der Waals surface area contributed by atoms with Crippen LogP contribution in [0.3, 0.4) is 0 Å². The Labute approximate surface area is 105 Å². The van der Waals surface area contributed by atoms with E-state index >= 15 is 0 Å². The molecule has 0 aliphatic rings. The van der Waals surface area contributed by atoms with Crippen molar-refractivity contribution in [3.8, 4) is 0 Å². The second-order valence-corrected chi connectivity index (χ2v) is 4.00. The normalized spacial score (nSPS) is 10.3. The van der Waals surface area contributed by atoms with E-state index in [0.717, 1.165) is 18.5 Å². The zero-order chi connectivity index (χ0) is 13.0. The summed E-state index contributed by atoms with van der Waals surface area (Å²) in [6.07, 6.45) is 2.02. The summed E-state index contributed by atoms with van der Waals surface area (Å²) in [6, 6.07) is 11.0. The first-order valence-corrected chi connectivity index (χ1v) is 5.88. The van der Waals surface area contributed by atoms with E-state index in [0.29, 0.717) is 5.88 Å². The number of para-hydroxylation sites is 1. The smallest absolute Gasteiger partial charge is 0.371 e. The summed E-state index contributed by atoms with van der Waals surface area (Å²) in [4.78, 5) is 10.7. The standard InChI is InChI=1S/C14H15NO3/c1-2-5-10-6-3-4-7-11(10)15-13-9-8-12(18-13)14(16)17/h3-4,6-9,15H,2,5H2,1H3,(H,16,17). The molecule has 18 heavy (non-hydrogen) atoms. The third-order valence-corrected chi connectivity index (χ3v) is 2.61. The van der Waals surface area contributed by atoms with Gasteiger partial charge in [0.1, 0.15) is 0 Å². The number of hydrogen-bond donors (Lipinski definition) is 2. The van der Waals surface area contributed by atoms with E-state index in [9.17, 15) is 4.79 Å². The quantitative estimate of drug-likeness (QED) is 0.843. The van der Waals surface area contributed by atoms with Crippen LogP contribution in [-0.2, 0) is 6.42 Å². The fraction of sp³-hybridized carbons (Fsp3) is 0.214. The highest BCUT2D eigenvalue weighted by Crippen LogP contribution is 2.23. The van der Waals surface area contributed by atoms with Gasteiger partial charge in [-0.1, -0.05) is 31.5 Å². The predicted molar refractivity (Wildman–Crippen MR) is 69.4 cm³/mol. The van der Waals surface area contributed by atoms with Crippen molar-refractivity contribution in [2.75, 3.05) is 5.32 Å². The number of hydrogen-bond acceptors (Lipinski definition) is 3. The Balaban J connectivity index is 2.19. The zero-order valence-electron chi connectivity index (χ0n) is 10.1. The van der Waals surface area contributed by atoms with E-state index in [1.165, 1.54) is 11.6 Å². The van der Waals surface area contributed by atoms with Gasteiger partial charge >= 0.3 is 5.97 Å². The molecule has 0 bridgehead atoms. The first kappa shape index (κ1) is 12.2. The van der Waals surface area contributed by atoms with Crippen LogP contribution in [0.15, 0.2) is 40.8 Å². The van der Waals surface area contributed by atoms with Crippen molar-refractivity contribution in [3.05, 3.63) is 47.7 Å². The Morgan fingerprint density at radius 1 is 1.28 bits per heavy atom. The average molecular weight is 245 g/mol. The van der Waals surface area contributed by atoms with Crippen molar-refractivity contribution in [1.82, 2.24) is 0 Å². The number of carboxylic acid groups (broad SMARTS) is 1. The second kappa shape index (κ2) is 5.40. The fourth-order valence-corrected chi connectivity index (χ4v) is 1.78. The molecule has 0 unspecified atom stereocenters. The van der Waals surface area contributed by atoms with Crippen LogP contribution in [0.1, 0.15) is 29.5 Å². The van der Waals surface area contributed by atoms with E-state index in [1.807, 2.05) is 24.3 Å². The lowest BCUT2D eigenvalue weighted by Gasteiger charge is -2.08. The number of nitrogens with one attached hydrogen (secondary N) is 1. The fourth-order valence-electron chi connectivity index (χ4n) is 1.78. The monoisotopic (exact) mass is 245 g/mol. The topological polar surface area (TPSA) is 62.5 Å². The maximum absolute atomic E-state index is 10.7. The SMILES string of the molecule is CCCc1ccccc1Nc1ccc(C(=O)O)o1. The molecule has 0 aliphatic heterocycles. The van der Waals surface area contributed by atoms with Gasteiger partial charge in [-0.15, -0.1) is 0 Å². The van der Waals surface area contributed by atoms with Gasteiger partial charge in [0, 0.05) is 11.8 Å². The van der Waals surface area contributed by atoms with Gasteiger partial charge in [-0.2, -0.15) is 0 Å². The van der Waals surface area contributed by atoms with Gasteiger partial charge in [0.05, 0.1) is 0 Å². The predicted octanol–water partition coefficient (Wildman–Crippen LogP) is 3.67. The third-order valence-electron chi connectivity index (χ3n) is 2.61. The molecule has 4 heteroatoms. The molecule has 0 fully saturated rings. The number of carboxylic acids is 1. The Morgan fingerprint density at radius 2 is 2.06 bits per heavy atom. The number of benzene rings is 1. The molecule has 0 spiro atoms. The number of furan rings is 1. The molecule has 0 atom stereocenters. The van der Waals surface area contributed by atoms with Gasteiger partial charge in [-0.3, -0.25) is 0 Å². The average Bonchev–Trinajstić information content (AvgIpc) is 2.81. The maximum Gasteiger partial charge on any atom is 0.371 e. The van der Waals surface area contributed by atoms with Crippen LogP contribution in [0, 0.1) is 0 Å². The minimum absolute atomic E-state index is 0.0644. The Kier molecular flexibility index (Phi) is 3.67. The Morgan fingerprint density at radius 3 is 2.72 bits per heavy atom. The highest BCUT2D eigenvalue weighted by Gasteiger charge is 2.09. The summed E-state index contributed by atoms with van der Waals surface area (Å²) in [5.74, 6) is -0.689. The summed E-state index contributed by atoms with van der Waals surface area (Å²) in [5.41, 5.74) is 2.14. The minimum Gasteiger partial charge on any atom is -0.475 e. The first-order valence-electron chi connectivity index (χ1n) is 5.88. The molecule has 94 valence electrons. The number of rotatable bonds is 5. The molecule has 1 heterocycles. The van der Waals surface area contributed by atoms with Crippen LogP contribution in [0.5, 0.6) is 0 Å². The molecule has 2 N–H and O–H groups in total. The summed E-state index contributed by atoms with van der Waals surface area (Å²) in [6.45, 7) is 2.12. The molecule has 2 aromatic rings. The summed E-state index contributed by atoms with van der Waals surface area (Å²) in [5, 5.41) is 11.9. The maximum atomic E-state index is 10.7. The van der Waals surface area contributed by atoms with Crippen LogP contribution in [-0.4, -0.2) is 11.1 Å². The highest BCUT2D eigenvalue weighted by molar-refractivity contribution is 5.85. The van der Waals surface area contributed by atoms with Crippen molar-refractivity contribution in [2.45, 2.75) is 19.8 Å². The molecular weight excluding hydrogens is 230 g/mol. The van der Waals surface area contributed by atoms with Crippen LogP contribution in [0.25, 0.3) is 0 Å². The third kappa shape index (κ3) is 2.71. The van der Waals surface area contributed by atoms with Crippen molar-refractivity contribution in [2.24, 2.45) is 0 Å². The van der Waals surface area contributed by atoms with Crippen LogP contribution < -0.4 is 5.32 Å². The van der Waals surface area contributed by atoms with Crippen LogP contribution >= 0.6 is 0 Å². The minimum atomic E-state index is -1.06. The Bertz CT molecular complexity index is 545. The molecule has 0 saturated carbocycles.